The van der Waals surface area contributed by atoms with Crippen LogP contribution >= 0.6 is 22.9 Å². The SMILES string of the molecule is C[C@@H]1CN(CC(=O)N2CCc3c(n(Cc4ccc(Cl)s4)c4ccccc34)C2)C[C@H](C)N1CC=O. The zero-order chi connectivity index (χ0) is 23.8. The Bertz CT molecular complexity index is 1190. The van der Waals surface area contributed by atoms with Crippen molar-refractivity contribution in [2.75, 3.05) is 32.7 Å². The lowest BCUT2D eigenvalue weighted by molar-refractivity contribution is -0.134. The van der Waals surface area contributed by atoms with Gasteiger partial charge >= 0.3 is 0 Å². The number of piperazine rings is 1. The minimum absolute atomic E-state index is 0.185. The summed E-state index contributed by atoms with van der Waals surface area (Å²) in [5.74, 6) is 0.185. The number of rotatable bonds is 6. The monoisotopic (exact) mass is 498 g/mol. The standard InChI is InChI=1S/C26H31ClN4O2S/c1-18-13-28(14-19(2)30(18)11-12-32)17-26(33)29-10-9-22-21-5-3-4-6-23(21)31(24(22)16-29)15-20-7-8-25(27)34-20/h3-8,12,18-19H,9-11,13-17H2,1-2H3/t18-,19+. The van der Waals surface area contributed by atoms with Crippen molar-refractivity contribution in [1.82, 2.24) is 19.3 Å². The summed E-state index contributed by atoms with van der Waals surface area (Å²) in [5, 5.41) is 1.29. The van der Waals surface area contributed by atoms with Gasteiger partial charge in [-0.05, 0) is 44.0 Å². The van der Waals surface area contributed by atoms with Crippen molar-refractivity contribution >= 4 is 46.0 Å². The third-order valence-corrected chi connectivity index (χ3v) is 8.50. The van der Waals surface area contributed by atoms with Crippen LogP contribution in [-0.2, 0) is 29.1 Å². The van der Waals surface area contributed by atoms with Crippen LogP contribution in [0.4, 0.5) is 0 Å². The molecule has 34 heavy (non-hydrogen) atoms. The molecule has 180 valence electrons. The van der Waals surface area contributed by atoms with Gasteiger partial charge in [-0.2, -0.15) is 0 Å². The van der Waals surface area contributed by atoms with E-state index in [0.717, 1.165) is 43.2 Å². The normalized spacial score (nSPS) is 21.7. The molecule has 6 nitrogen and oxygen atoms in total. The summed E-state index contributed by atoms with van der Waals surface area (Å²) in [5.41, 5.74) is 3.83. The van der Waals surface area contributed by atoms with Crippen molar-refractivity contribution in [2.24, 2.45) is 0 Å². The number of halogens is 1. The summed E-state index contributed by atoms with van der Waals surface area (Å²) >= 11 is 7.81. The summed E-state index contributed by atoms with van der Waals surface area (Å²) in [7, 11) is 0. The van der Waals surface area contributed by atoms with Gasteiger partial charge in [0.1, 0.15) is 6.29 Å². The Balaban J connectivity index is 1.34. The van der Waals surface area contributed by atoms with E-state index in [-0.39, 0.29) is 18.0 Å². The zero-order valence-electron chi connectivity index (χ0n) is 19.7. The van der Waals surface area contributed by atoms with Gasteiger partial charge in [-0.15, -0.1) is 11.3 Å². The van der Waals surface area contributed by atoms with Crippen LogP contribution in [0.1, 0.15) is 30.0 Å². The van der Waals surface area contributed by atoms with Crippen LogP contribution in [-0.4, -0.2) is 76.3 Å². The maximum absolute atomic E-state index is 13.4. The van der Waals surface area contributed by atoms with Crippen LogP contribution in [0, 0.1) is 0 Å². The first-order chi connectivity index (χ1) is 16.4. The first kappa shape index (κ1) is 23.5. The molecule has 2 aliphatic rings. The third-order valence-electron chi connectivity index (χ3n) is 7.28. The highest BCUT2D eigenvalue weighted by atomic mass is 35.5. The van der Waals surface area contributed by atoms with Crippen LogP contribution in [0.3, 0.4) is 0 Å². The van der Waals surface area contributed by atoms with E-state index in [1.165, 1.54) is 27.0 Å². The number of hydrogen-bond acceptors (Lipinski definition) is 5. The topological polar surface area (TPSA) is 48.8 Å². The number of carbonyl (C=O) groups is 2. The summed E-state index contributed by atoms with van der Waals surface area (Å²) in [6.07, 6.45) is 1.85. The molecule has 3 aromatic rings. The number of carbonyl (C=O) groups excluding carboxylic acids is 2. The zero-order valence-corrected chi connectivity index (χ0v) is 21.3. The lowest BCUT2D eigenvalue weighted by atomic mass is 10.0. The van der Waals surface area contributed by atoms with Gasteiger partial charge < -0.3 is 14.3 Å². The van der Waals surface area contributed by atoms with Gasteiger partial charge in [0.05, 0.1) is 30.5 Å². The maximum atomic E-state index is 13.4. The van der Waals surface area contributed by atoms with Crippen LogP contribution in [0.5, 0.6) is 0 Å². The lowest BCUT2D eigenvalue weighted by Gasteiger charge is -2.44. The molecule has 2 aliphatic heterocycles. The molecule has 2 aromatic heterocycles. The summed E-state index contributed by atoms with van der Waals surface area (Å²) in [6, 6.07) is 13.1. The molecule has 0 saturated carbocycles. The average molecular weight is 499 g/mol. The predicted octanol–water partition coefficient (Wildman–Crippen LogP) is 3.88. The van der Waals surface area contributed by atoms with Gasteiger partial charge in [0.25, 0.3) is 0 Å². The number of para-hydroxylation sites is 1. The Morgan fingerprint density at radius 3 is 2.62 bits per heavy atom. The Morgan fingerprint density at radius 2 is 1.91 bits per heavy atom. The number of thiophene rings is 1. The number of nitrogens with zero attached hydrogens (tertiary/aromatic N) is 4. The third kappa shape index (κ3) is 4.54. The Morgan fingerprint density at radius 1 is 1.15 bits per heavy atom. The van der Waals surface area contributed by atoms with E-state index in [2.05, 4.69) is 58.5 Å². The van der Waals surface area contributed by atoms with Gasteiger partial charge in [-0.1, -0.05) is 29.8 Å². The first-order valence-electron chi connectivity index (χ1n) is 12.0. The number of benzene rings is 1. The second-order valence-corrected chi connectivity index (χ2v) is 11.4. The molecular formula is C26H31ClN4O2S. The van der Waals surface area contributed by atoms with Crippen LogP contribution in [0.15, 0.2) is 36.4 Å². The van der Waals surface area contributed by atoms with E-state index >= 15 is 0 Å². The molecule has 0 unspecified atom stereocenters. The van der Waals surface area contributed by atoms with Gasteiger partial charge in [0, 0.05) is 53.2 Å². The number of amides is 1. The number of fused-ring (bicyclic) bond motifs is 3. The Labute approximate surface area is 209 Å². The van der Waals surface area contributed by atoms with Crippen molar-refractivity contribution in [1.29, 1.82) is 0 Å². The van der Waals surface area contributed by atoms with Gasteiger partial charge in [0.2, 0.25) is 5.91 Å². The van der Waals surface area contributed by atoms with E-state index in [0.29, 0.717) is 19.6 Å². The molecule has 1 amide bonds. The van der Waals surface area contributed by atoms with E-state index in [4.69, 9.17) is 11.6 Å². The molecule has 5 rings (SSSR count). The van der Waals surface area contributed by atoms with E-state index in [9.17, 15) is 9.59 Å². The van der Waals surface area contributed by atoms with Gasteiger partial charge in [-0.25, -0.2) is 0 Å². The van der Waals surface area contributed by atoms with E-state index in [1.807, 2.05) is 11.0 Å². The molecule has 0 N–H and O–H groups in total. The molecule has 2 atom stereocenters. The van der Waals surface area contributed by atoms with Crippen LogP contribution in [0.2, 0.25) is 4.34 Å². The van der Waals surface area contributed by atoms with Crippen molar-refractivity contribution in [3.8, 4) is 0 Å². The van der Waals surface area contributed by atoms with Crippen molar-refractivity contribution in [2.45, 2.75) is 45.4 Å². The fraction of sp³-hybridized carbons (Fsp3) is 0.462. The molecule has 1 fully saturated rings. The maximum Gasteiger partial charge on any atom is 0.237 e. The number of hydrogen-bond donors (Lipinski definition) is 0. The highest BCUT2D eigenvalue weighted by Gasteiger charge is 2.32. The first-order valence-corrected chi connectivity index (χ1v) is 13.2. The Hall–Kier alpha value is -2.19. The smallest absolute Gasteiger partial charge is 0.237 e. The molecule has 0 spiro atoms. The number of aromatic nitrogens is 1. The second kappa shape index (κ2) is 9.82. The molecule has 8 heteroatoms. The van der Waals surface area contributed by atoms with Crippen molar-refractivity contribution in [3.05, 3.63) is 56.9 Å². The fourth-order valence-corrected chi connectivity index (χ4v) is 6.79. The summed E-state index contributed by atoms with van der Waals surface area (Å²) in [6.45, 7) is 8.93. The largest absolute Gasteiger partial charge is 0.337 e. The molecular weight excluding hydrogens is 468 g/mol. The number of aldehydes is 1. The van der Waals surface area contributed by atoms with Crippen molar-refractivity contribution < 1.29 is 9.59 Å². The molecule has 0 aliphatic carbocycles. The molecule has 4 heterocycles. The van der Waals surface area contributed by atoms with E-state index in [1.54, 1.807) is 11.3 Å². The minimum atomic E-state index is 0.185. The van der Waals surface area contributed by atoms with Crippen LogP contribution in [0.25, 0.3) is 10.9 Å². The highest BCUT2D eigenvalue weighted by molar-refractivity contribution is 7.16. The second-order valence-electron chi connectivity index (χ2n) is 9.56. The van der Waals surface area contributed by atoms with Gasteiger partial charge in [0.15, 0.2) is 0 Å². The quantitative estimate of drug-likeness (QED) is 0.484. The van der Waals surface area contributed by atoms with E-state index < -0.39 is 0 Å². The average Bonchev–Trinajstić information content (AvgIpc) is 3.37. The fourth-order valence-electron chi connectivity index (χ4n) is 5.71. The minimum Gasteiger partial charge on any atom is -0.337 e. The highest BCUT2D eigenvalue weighted by Crippen LogP contribution is 2.33. The predicted molar refractivity (Wildman–Crippen MR) is 138 cm³/mol. The summed E-state index contributed by atoms with van der Waals surface area (Å²) < 4.78 is 3.17. The molecule has 0 radical (unpaired) electrons. The Kier molecular flexibility index (Phi) is 6.80. The molecule has 1 saturated heterocycles. The molecule has 1 aromatic carbocycles. The van der Waals surface area contributed by atoms with Crippen molar-refractivity contribution in [3.63, 3.8) is 0 Å². The summed E-state index contributed by atoms with van der Waals surface area (Å²) in [4.78, 5) is 32.1. The lowest BCUT2D eigenvalue weighted by Crippen LogP contribution is -2.58. The van der Waals surface area contributed by atoms with Crippen LogP contribution < -0.4 is 0 Å². The van der Waals surface area contributed by atoms with Gasteiger partial charge in [-0.3, -0.25) is 14.6 Å². The molecule has 0 bridgehead atoms.